The summed E-state index contributed by atoms with van der Waals surface area (Å²) in [6.07, 6.45) is 1.80. The van der Waals surface area contributed by atoms with Crippen LogP contribution in [-0.4, -0.2) is 14.5 Å². The molecular weight excluding hydrogens is 273 g/mol. The van der Waals surface area contributed by atoms with Gasteiger partial charge in [-0.15, -0.1) is 22.9 Å². The molecule has 0 aliphatic carbocycles. The van der Waals surface area contributed by atoms with E-state index in [-0.39, 0.29) is 11.7 Å². The number of para-hydroxylation sites is 1. The fourth-order valence-electron chi connectivity index (χ4n) is 1.92. The molecule has 92 valence electrons. The first-order valence-corrected chi connectivity index (χ1v) is 6.78. The Morgan fingerprint density at radius 3 is 3.00 bits per heavy atom. The van der Waals surface area contributed by atoms with Gasteiger partial charge in [-0.25, -0.2) is 9.37 Å². The molecule has 3 rings (SSSR count). The standard InChI is InChI=1S/C12H9ClFN3S/c13-4-11-16-12-9(14)2-1-3-10(12)17(11)6-8-5-15-7-18-8/h1-3,5,7H,4,6H2. The molecule has 6 heteroatoms. The van der Waals surface area contributed by atoms with Crippen LogP contribution in [-0.2, 0) is 12.4 Å². The Bertz CT molecular complexity index is 678. The number of hydrogen-bond donors (Lipinski definition) is 0. The highest BCUT2D eigenvalue weighted by atomic mass is 35.5. The molecule has 0 bridgehead atoms. The normalized spacial score (nSPS) is 11.2. The summed E-state index contributed by atoms with van der Waals surface area (Å²) >= 11 is 7.43. The zero-order chi connectivity index (χ0) is 12.5. The molecule has 1 aromatic carbocycles. The van der Waals surface area contributed by atoms with Crippen LogP contribution in [0.3, 0.4) is 0 Å². The smallest absolute Gasteiger partial charge is 0.151 e. The first kappa shape index (κ1) is 11.6. The number of nitrogens with zero attached hydrogens (tertiary/aromatic N) is 3. The number of halogens is 2. The number of aromatic nitrogens is 3. The monoisotopic (exact) mass is 281 g/mol. The molecule has 2 heterocycles. The summed E-state index contributed by atoms with van der Waals surface area (Å²) in [5.41, 5.74) is 2.91. The zero-order valence-electron chi connectivity index (χ0n) is 9.31. The number of alkyl halides is 1. The highest BCUT2D eigenvalue weighted by molar-refractivity contribution is 7.09. The van der Waals surface area contributed by atoms with E-state index in [4.69, 9.17) is 11.6 Å². The Morgan fingerprint density at radius 1 is 1.39 bits per heavy atom. The first-order valence-electron chi connectivity index (χ1n) is 5.36. The minimum Gasteiger partial charge on any atom is -0.321 e. The second-order valence-electron chi connectivity index (χ2n) is 3.82. The molecule has 0 unspecified atom stereocenters. The molecule has 3 aromatic rings. The summed E-state index contributed by atoms with van der Waals surface area (Å²) in [5.74, 6) is 0.611. The van der Waals surface area contributed by atoms with Gasteiger partial charge in [-0.1, -0.05) is 6.07 Å². The molecule has 0 N–H and O–H groups in total. The topological polar surface area (TPSA) is 30.7 Å². The Hall–Kier alpha value is -1.46. The third-order valence-electron chi connectivity index (χ3n) is 2.73. The van der Waals surface area contributed by atoms with E-state index in [0.29, 0.717) is 17.9 Å². The third-order valence-corrected chi connectivity index (χ3v) is 3.73. The van der Waals surface area contributed by atoms with Crippen LogP contribution >= 0.6 is 22.9 Å². The minimum atomic E-state index is -0.318. The molecule has 0 aliphatic rings. The maximum atomic E-state index is 13.7. The van der Waals surface area contributed by atoms with Crippen LogP contribution < -0.4 is 0 Å². The molecule has 0 saturated carbocycles. The third kappa shape index (κ3) is 1.89. The minimum absolute atomic E-state index is 0.257. The first-order chi connectivity index (χ1) is 8.79. The molecule has 0 fully saturated rings. The van der Waals surface area contributed by atoms with E-state index in [1.165, 1.54) is 6.07 Å². The van der Waals surface area contributed by atoms with Crippen molar-refractivity contribution >= 4 is 34.0 Å². The lowest BCUT2D eigenvalue weighted by Gasteiger charge is -2.05. The van der Waals surface area contributed by atoms with Crippen molar-refractivity contribution in [2.75, 3.05) is 0 Å². The fraction of sp³-hybridized carbons (Fsp3) is 0.167. The van der Waals surface area contributed by atoms with Crippen LogP contribution in [0.4, 0.5) is 4.39 Å². The Morgan fingerprint density at radius 2 is 2.28 bits per heavy atom. The van der Waals surface area contributed by atoms with Gasteiger partial charge in [0.15, 0.2) is 5.82 Å². The number of benzene rings is 1. The van der Waals surface area contributed by atoms with Crippen molar-refractivity contribution in [3.8, 4) is 0 Å². The van der Waals surface area contributed by atoms with Gasteiger partial charge in [-0.3, -0.25) is 4.98 Å². The lowest BCUT2D eigenvalue weighted by Crippen LogP contribution is -2.02. The second-order valence-corrected chi connectivity index (χ2v) is 5.06. The van der Waals surface area contributed by atoms with Crippen molar-refractivity contribution in [1.29, 1.82) is 0 Å². The van der Waals surface area contributed by atoms with Crippen molar-refractivity contribution in [2.45, 2.75) is 12.4 Å². The van der Waals surface area contributed by atoms with E-state index in [1.54, 1.807) is 29.1 Å². The predicted molar refractivity (Wildman–Crippen MR) is 70.5 cm³/mol. The Balaban J connectivity index is 2.17. The molecule has 0 amide bonds. The molecule has 0 atom stereocenters. The summed E-state index contributed by atoms with van der Waals surface area (Å²) in [6.45, 7) is 0.618. The van der Waals surface area contributed by atoms with Gasteiger partial charge in [-0.05, 0) is 12.1 Å². The van der Waals surface area contributed by atoms with Gasteiger partial charge in [-0.2, -0.15) is 0 Å². The van der Waals surface area contributed by atoms with Gasteiger partial charge in [0, 0.05) is 11.1 Å². The lowest BCUT2D eigenvalue weighted by molar-refractivity contribution is 0.637. The molecule has 0 radical (unpaired) electrons. The van der Waals surface area contributed by atoms with E-state index in [0.717, 1.165) is 10.4 Å². The van der Waals surface area contributed by atoms with E-state index >= 15 is 0 Å². The summed E-state index contributed by atoms with van der Waals surface area (Å²) < 4.78 is 15.6. The highest BCUT2D eigenvalue weighted by Gasteiger charge is 2.13. The van der Waals surface area contributed by atoms with Gasteiger partial charge in [0.25, 0.3) is 0 Å². The van der Waals surface area contributed by atoms with Gasteiger partial charge < -0.3 is 4.57 Å². The quantitative estimate of drug-likeness (QED) is 0.689. The Labute approximate surface area is 112 Å². The van der Waals surface area contributed by atoms with Crippen molar-refractivity contribution in [2.24, 2.45) is 0 Å². The van der Waals surface area contributed by atoms with Crippen LogP contribution in [0.1, 0.15) is 10.7 Å². The number of hydrogen-bond acceptors (Lipinski definition) is 3. The SMILES string of the molecule is Fc1cccc2c1nc(CCl)n2Cc1cncs1. The largest absolute Gasteiger partial charge is 0.321 e. The zero-order valence-corrected chi connectivity index (χ0v) is 10.9. The molecule has 18 heavy (non-hydrogen) atoms. The fourth-order valence-corrected chi connectivity index (χ4v) is 2.70. The van der Waals surface area contributed by atoms with Gasteiger partial charge in [0.2, 0.25) is 0 Å². The van der Waals surface area contributed by atoms with Crippen LogP contribution in [0.2, 0.25) is 0 Å². The number of thiazole rings is 1. The average molecular weight is 282 g/mol. The van der Waals surface area contributed by atoms with Crippen LogP contribution in [0.25, 0.3) is 11.0 Å². The van der Waals surface area contributed by atoms with E-state index in [9.17, 15) is 4.39 Å². The molecule has 0 spiro atoms. The van der Waals surface area contributed by atoms with E-state index < -0.39 is 0 Å². The van der Waals surface area contributed by atoms with Crippen molar-refractivity contribution < 1.29 is 4.39 Å². The Kier molecular flexibility index (Phi) is 3.01. The van der Waals surface area contributed by atoms with Crippen LogP contribution in [0, 0.1) is 5.82 Å². The maximum absolute atomic E-state index is 13.7. The van der Waals surface area contributed by atoms with Crippen molar-refractivity contribution in [1.82, 2.24) is 14.5 Å². The van der Waals surface area contributed by atoms with Crippen molar-refractivity contribution in [3.63, 3.8) is 0 Å². The van der Waals surface area contributed by atoms with Gasteiger partial charge in [0.1, 0.15) is 11.3 Å². The number of fused-ring (bicyclic) bond motifs is 1. The van der Waals surface area contributed by atoms with Crippen LogP contribution in [0.5, 0.6) is 0 Å². The van der Waals surface area contributed by atoms with Gasteiger partial charge >= 0.3 is 0 Å². The maximum Gasteiger partial charge on any atom is 0.151 e. The molecular formula is C12H9ClFN3S. The van der Waals surface area contributed by atoms with E-state index in [1.807, 2.05) is 10.6 Å². The van der Waals surface area contributed by atoms with Gasteiger partial charge in [0.05, 0.1) is 23.5 Å². The number of imidazole rings is 1. The molecule has 0 saturated heterocycles. The summed E-state index contributed by atoms with van der Waals surface area (Å²) in [5, 5.41) is 0. The second kappa shape index (κ2) is 4.66. The lowest BCUT2D eigenvalue weighted by atomic mass is 10.3. The molecule has 3 nitrogen and oxygen atoms in total. The predicted octanol–water partition coefficient (Wildman–Crippen LogP) is 3.42. The summed E-state index contributed by atoms with van der Waals surface area (Å²) in [7, 11) is 0. The number of rotatable bonds is 3. The molecule has 0 aliphatic heterocycles. The van der Waals surface area contributed by atoms with Crippen LogP contribution in [0.15, 0.2) is 29.9 Å². The summed E-state index contributed by atoms with van der Waals surface area (Å²) in [6, 6.07) is 4.94. The van der Waals surface area contributed by atoms with Crippen molar-refractivity contribution in [3.05, 3.63) is 46.4 Å². The summed E-state index contributed by atoms with van der Waals surface area (Å²) in [4.78, 5) is 9.37. The highest BCUT2D eigenvalue weighted by Crippen LogP contribution is 2.22. The average Bonchev–Trinajstić information content (AvgIpc) is 2.99. The molecule has 2 aromatic heterocycles. The van der Waals surface area contributed by atoms with E-state index in [2.05, 4.69) is 9.97 Å².